The zero-order valence-electron chi connectivity index (χ0n) is 14.0. The van der Waals surface area contributed by atoms with Gasteiger partial charge in [0.15, 0.2) is 0 Å². The highest BCUT2D eigenvalue weighted by molar-refractivity contribution is 6.32. The van der Waals surface area contributed by atoms with Crippen LogP contribution < -0.4 is 4.74 Å². The van der Waals surface area contributed by atoms with E-state index in [4.69, 9.17) is 16.3 Å². The lowest BCUT2D eigenvalue weighted by Crippen LogP contribution is -2.46. The van der Waals surface area contributed by atoms with Gasteiger partial charge in [0.05, 0.1) is 11.6 Å². The summed E-state index contributed by atoms with van der Waals surface area (Å²) in [6.07, 6.45) is 2.79. The molecule has 1 saturated heterocycles. The number of aldehydes is 1. The van der Waals surface area contributed by atoms with Gasteiger partial charge in [0, 0.05) is 30.0 Å². The summed E-state index contributed by atoms with van der Waals surface area (Å²) in [5.74, 6) is 1.07. The second kappa shape index (κ2) is 7.35. The summed E-state index contributed by atoms with van der Waals surface area (Å²) in [5.41, 5.74) is 0.179. The number of hydrogen-bond acceptors (Lipinski definition) is 3. The molecule has 1 aliphatic heterocycles. The number of likely N-dealkylation sites (tertiary alicyclic amines) is 1. The Labute approximate surface area is 142 Å². The minimum absolute atomic E-state index is 0.190. The SMILES string of the molecule is CC(C)(C)C(=O)N1CCCC(COc2ccc(C=O)cc2Cl)C1. The molecule has 0 saturated carbocycles. The minimum Gasteiger partial charge on any atom is -0.492 e. The molecule has 23 heavy (non-hydrogen) atoms. The molecule has 0 bridgehead atoms. The number of rotatable bonds is 4. The molecular formula is C18H24ClNO3. The predicted molar refractivity (Wildman–Crippen MR) is 91.1 cm³/mol. The van der Waals surface area contributed by atoms with E-state index in [2.05, 4.69) is 0 Å². The minimum atomic E-state index is -0.350. The van der Waals surface area contributed by atoms with Crippen LogP contribution in [0.1, 0.15) is 44.0 Å². The number of carbonyl (C=O) groups is 2. The lowest BCUT2D eigenvalue weighted by Gasteiger charge is -2.36. The third kappa shape index (κ3) is 4.71. The van der Waals surface area contributed by atoms with Crippen molar-refractivity contribution in [3.05, 3.63) is 28.8 Å². The van der Waals surface area contributed by atoms with Crippen LogP contribution in [0.15, 0.2) is 18.2 Å². The zero-order valence-corrected chi connectivity index (χ0v) is 14.7. The number of piperidine rings is 1. The molecule has 1 amide bonds. The van der Waals surface area contributed by atoms with Crippen LogP contribution in [0.25, 0.3) is 0 Å². The Hall–Kier alpha value is -1.55. The molecule has 1 unspecified atom stereocenters. The number of amides is 1. The summed E-state index contributed by atoms with van der Waals surface area (Å²) in [4.78, 5) is 25.1. The first-order chi connectivity index (χ1) is 10.8. The molecule has 5 heteroatoms. The summed E-state index contributed by atoms with van der Waals surface area (Å²) >= 11 is 6.12. The Balaban J connectivity index is 1.93. The van der Waals surface area contributed by atoms with Gasteiger partial charge in [-0.15, -0.1) is 0 Å². The van der Waals surface area contributed by atoms with Crippen molar-refractivity contribution >= 4 is 23.8 Å². The highest BCUT2D eigenvalue weighted by Crippen LogP contribution is 2.27. The number of nitrogens with zero attached hydrogens (tertiary/aromatic N) is 1. The van der Waals surface area contributed by atoms with E-state index < -0.39 is 0 Å². The van der Waals surface area contributed by atoms with Crippen molar-refractivity contribution in [1.82, 2.24) is 4.90 Å². The van der Waals surface area contributed by atoms with Crippen molar-refractivity contribution in [2.45, 2.75) is 33.6 Å². The van der Waals surface area contributed by atoms with Crippen LogP contribution in [0.3, 0.4) is 0 Å². The molecule has 1 aromatic carbocycles. The molecule has 1 aromatic rings. The van der Waals surface area contributed by atoms with Crippen LogP contribution >= 0.6 is 11.6 Å². The number of ether oxygens (including phenoxy) is 1. The summed E-state index contributed by atoms with van der Waals surface area (Å²) in [7, 11) is 0. The largest absolute Gasteiger partial charge is 0.492 e. The van der Waals surface area contributed by atoms with Crippen molar-refractivity contribution in [3.63, 3.8) is 0 Å². The predicted octanol–water partition coefficient (Wildman–Crippen LogP) is 3.82. The van der Waals surface area contributed by atoms with Gasteiger partial charge >= 0.3 is 0 Å². The van der Waals surface area contributed by atoms with Gasteiger partial charge < -0.3 is 9.64 Å². The van der Waals surface area contributed by atoms with E-state index >= 15 is 0 Å². The highest BCUT2D eigenvalue weighted by Gasteiger charge is 2.31. The summed E-state index contributed by atoms with van der Waals surface area (Å²) in [6.45, 7) is 7.91. The van der Waals surface area contributed by atoms with Crippen molar-refractivity contribution in [2.24, 2.45) is 11.3 Å². The first kappa shape index (κ1) is 17.8. The van der Waals surface area contributed by atoms with E-state index in [1.807, 2.05) is 25.7 Å². The van der Waals surface area contributed by atoms with Crippen molar-refractivity contribution in [2.75, 3.05) is 19.7 Å². The average Bonchev–Trinajstić information content (AvgIpc) is 2.52. The average molecular weight is 338 g/mol. The fourth-order valence-corrected chi connectivity index (χ4v) is 3.02. The molecule has 1 fully saturated rings. The Morgan fingerprint density at radius 1 is 1.43 bits per heavy atom. The first-order valence-electron chi connectivity index (χ1n) is 7.98. The van der Waals surface area contributed by atoms with Gasteiger partial charge in [-0.1, -0.05) is 32.4 Å². The van der Waals surface area contributed by atoms with Crippen molar-refractivity contribution in [3.8, 4) is 5.75 Å². The molecular weight excluding hydrogens is 314 g/mol. The van der Waals surface area contributed by atoms with Crippen LogP contribution in [-0.4, -0.2) is 36.8 Å². The maximum atomic E-state index is 12.4. The first-order valence-corrected chi connectivity index (χ1v) is 8.36. The van der Waals surface area contributed by atoms with Crippen LogP contribution in [0.5, 0.6) is 5.75 Å². The van der Waals surface area contributed by atoms with Crippen LogP contribution in [-0.2, 0) is 4.79 Å². The number of hydrogen-bond donors (Lipinski definition) is 0. The van der Waals surface area contributed by atoms with Gasteiger partial charge in [0.1, 0.15) is 12.0 Å². The van der Waals surface area contributed by atoms with Crippen molar-refractivity contribution < 1.29 is 14.3 Å². The smallest absolute Gasteiger partial charge is 0.227 e. The lowest BCUT2D eigenvalue weighted by molar-refractivity contribution is -0.141. The molecule has 0 aliphatic carbocycles. The van der Waals surface area contributed by atoms with Gasteiger partial charge in [-0.2, -0.15) is 0 Å². The zero-order chi connectivity index (χ0) is 17.0. The fourth-order valence-electron chi connectivity index (χ4n) is 2.77. The van der Waals surface area contributed by atoms with E-state index in [-0.39, 0.29) is 11.3 Å². The van der Waals surface area contributed by atoms with Gasteiger partial charge in [0.2, 0.25) is 5.91 Å². The quantitative estimate of drug-likeness (QED) is 0.785. The van der Waals surface area contributed by atoms with Crippen molar-refractivity contribution in [1.29, 1.82) is 0 Å². The topological polar surface area (TPSA) is 46.6 Å². The van der Waals surface area contributed by atoms with E-state index in [1.165, 1.54) is 0 Å². The van der Waals surface area contributed by atoms with Crippen LogP contribution in [0.4, 0.5) is 0 Å². The van der Waals surface area contributed by atoms with Gasteiger partial charge in [0.25, 0.3) is 0 Å². The molecule has 0 aromatic heterocycles. The third-order valence-electron chi connectivity index (χ3n) is 4.01. The second-order valence-corrected chi connectivity index (χ2v) is 7.54. The molecule has 4 nitrogen and oxygen atoms in total. The molecule has 2 rings (SSSR count). The molecule has 126 valence electrons. The summed E-state index contributed by atoms with van der Waals surface area (Å²) < 4.78 is 5.80. The number of carbonyl (C=O) groups excluding carboxylic acids is 2. The number of halogens is 1. The Morgan fingerprint density at radius 2 is 2.17 bits per heavy atom. The molecule has 0 spiro atoms. The Morgan fingerprint density at radius 3 is 2.78 bits per heavy atom. The Kier molecular flexibility index (Phi) is 5.69. The normalized spacial score (nSPS) is 18.6. The lowest BCUT2D eigenvalue weighted by atomic mass is 9.91. The molecule has 1 heterocycles. The molecule has 0 radical (unpaired) electrons. The molecule has 1 atom stereocenters. The molecule has 1 aliphatic rings. The highest BCUT2D eigenvalue weighted by atomic mass is 35.5. The fraction of sp³-hybridized carbons (Fsp3) is 0.556. The van der Waals surface area contributed by atoms with Gasteiger partial charge in [-0.3, -0.25) is 9.59 Å². The summed E-state index contributed by atoms with van der Waals surface area (Å²) in [5, 5.41) is 0.438. The second-order valence-electron chi connectivity index (χ2n) is 7.13. The van der Waals surface area contributed by atoms with Gasteiger partial charge in [-0.05, 0) is 31.0 Å². The third-order valence-corrected chi connectivity index (χ3v) is 4.31. The maximum Gasteiger partial charge on any atom is 0.227 e. The Bertz CT molecular complexity index is 580. The summed E-state index contributed by atoms with van der Waals surface area (Å²) in [6, 6.07) is 5.00. The monoisotopic (exact) mass is 337 g/mol. The maximum absolute atomic E-state index is 12.4. The standard InChI is InChI=1S/C18H24ClNO3/c1-18(2,3)17(22)20-8-4-5-14(10-20)12-23-16-7-6-13(11-21)9-15(16)19/h6-7,9,11,14H,4-5,8,10,12H2,1-3H3. The van der Waals surface area contributed by atoms with Crippen LogP contribution in [0, 0.1) is 11.3 Å². The van der Waals surface area contributed by atoms with E-state index in [9.17, 15) is 9.59 Å². The number of benzene rings is 1. The van der Waals surface area contributed by atoms with Crippen LogP contribution in [0.2, 0.25) is 5.02 Å². The van der Waals surface area contributed by atoms with E-state index in [0.717, 1.165) is 32.2 Å². The van der Waals surface area contributed by atoms with E-state index in [0.29, 0.717) is 28.9 Å². The molecule has 0 N–H and O–H groups in total. The van der Waals surface area contributed by atoms with E-state index in [1.54, 1.807) is 18.2 Å². The van der Waals surface area contributed by atoms with Gasteiger partial charge in [-0.25, -0.2) is 0 Å².